The molecule has 1 aliphatic heterocycles. The molecule has 0 radical (unpaired) electrons. The van der Waals surface area contributed by atoms with Crippen LogP contribution in [0.5, 0.6) is 0 Å². The predicted octanol–water partition coefficient (Wildman–Crippen LogP) is 1.27. The van der Waals surface area contributed by atoms with Crippen LogP contribution in [0, 0.1) is 0 Å². The van der Waals surface area contributed by atoms with Crippen molar-refractivity contribution in [3.8, 4) is 0 Å². The van der Waals surface area contributed by atoms with E-state index in [0.717, 1.165) is 32.7 Å². The zero-order chi connectivity index (χ0) is 10.3. The minimum absolute atomic E-state index is 0.223. The third kappa shape index (κ3) is 4.40. The van der Waals surface area contributed by atoms with E-state index in [2.05, 4.69) is 12.2 Å². The molecule has 0 spiro atoms. The number of hydrogen-bond acceptors (Lipinski definition) is 3. The smallest absolute Gasteiger partial charge is 0.0645 e. The van der Waals surface area contributed by atoms with Crippen molar-refractivity contribution in [3.05, 3.63) is 0 Å². The molecule has 1 unspecified atom stereocenters. The minimum Gasteiger partial charge on any atom is -0.380 e. The lowest BCUT2D eigenvalue weighted by atomic mass is 9.95. The highest BCUT2D eigenvalue weighted by Gasteiger charge is 2.26. The molecule has 3 N–H and O–H groups in total. The molecular formula is C11H24N2O. The molecule has 3 heteroatoms. The van der Waals surface area contributed by atoms with Crippen LogP contribution in [0.3, 0.4) is 0 Å². The van der Waals surface area contributed by atoms with Crippen LogP contribution in [0.2, 0.25) is 0 Å². The largest absolute Gasteiger partial charge is 0.380 e. The topological polar surface area (TPSA) is 47.3 Å². The quantitative estimate of drug-likeness (QED) is 0.635. The van der Waals surface area contributed by atoms with Crippen LogP contribution in [0.4, 0.5) is 0 Å². The summed E-state index contributed by atoms with van der Waals surface area (Å²) in [6, 6.07) is 0. The standard InChI is InChI=1S/C11H24N2O/c1-11(6-5-9-14-10-11)13-8-4-2-3-7-12/h13H,2-10,12H2,1H3. The minimum atomic E-state index is 0.223. The summed E-state index contributed by atoms with van der Waals surface area (Å²) in [5.41, 5.74) is 5.66. The zero-order valence-electron chi connectivity index (χ0n) is 9.35. The van der Waals surface area contributed by atoms with E-state index in [1.54, 1.807) is 0 Å². The SMILES string of the molecule is CC1(NCCCCCN)CCCOC1. The molecule has 0 saturated carbocycles. The number of nitrogens with two attached hydrogens (primary N) is 1. The Kier molecular flexibility index (Phi) is 5.45. The highest BCUT2D eigenvalue weighted by molar-refractivity contribution is 4.84. The fourth-order valence-corrected chi connectivity index (χ4v) is 1.91. The van der Waals surface area contributed by atoms with E-state index in [1.807, 2.05) is 0 Å². The zero-order valence-corrected chi connectivity index (χ0v) is 9.35. The molecule has 1 heterocycles. The van der Waals surface area contributed by atoms with Gasteiger partial charge in [0, 0.05) is 12.1 Å². The van der Waals surface area contributed by atoms with Crippen LogP contribution >= 0.6 is 0 Å². The van der Waals surface area contributed by atoms with Crippen LogP contribution in [0.25, 0.3) is 0 Å². The van der Waals surface area contributed by atoms with E-state index in [0.29, 0.717) is 0 Å². The molecule has 0 bridgehead atoms. The second-order valence-electron chi connectivity index (χ2n) is 4.49. The van der Waals surface area contributed by atoms with Crippen LogP contribution in [-0.2, 0) is 4.74 Å². The van der Waals surface area contributed by atoms with Gasteiger partial charge in [0.1, 0.15) is 0 Å². The van der Waals surface area contributed by atoms with Gasteiger partial charge in [0.2, 0.25) is 0 Å². The summed E-state index contributed by atoms with van der Waals surface area (Å²) >= 11 is 0. The van der Waals surface area contributed by atoms with E-state index in [4.69, 9.17) is 10.5 Å². The number of unbranched alkanes of at least 4 members (excludes halogenated alkanes) is 2. The van der Waals surface area contributed by atoms with Gasteiger partial charge in [0.05, 0.1) is 6.61 Å². The van der Waals surface area contributed by atoms with Gasteiger partial charge in [0.15, 0.2) is 0 Å². The lowest BCUT2D eigenvalue weighted by molar-refractivity contribution is 0.0286. The molecule has 0 aromatic heterocycles. The Morgan fingerprint density at radius 1 is 1.36 bits per heavy atom. The van der Waals surface area contributed by atoms with E-state index in [-0.39, 0.29) is 5.54 Å². The molecule has 3 nitrogen and oxygen atoms in total. The lowest BCUT2D eigenvalue weighted by Gasteiger charge is -2.34. The summed E-state index contributed by atoms with van der Waals surface area (Å²) in [4.78, 5) is 0. The van der Waals surface area contributed by atoms with Gasteiger partial charge >= 0.3 is 0 Å². The molecule has 1 fully saturated rings. The first kappa shape index (κ1) is 12.0. The molecule has 0 aromatic carbocycles. The fraction of sp³-hybridized carbons (Fsp3) is 1.00. The first-order valence-corrected chi connectivity index (χ1v) is 5.80. The lowest BCUT2D eigenvalue weighted by Crippen LogP contribution is -2.49. The van der Waals surface area contributed by atoms with Crippen molar-refractivity contribution in [3.63, 3.8) is 0 Å². The summed E-state index contributed by atoms with van der Waals surface area (Å²) < 4.78 is 5.48. The molecule has 0 amide bonds. The summed E-state index contributed by atoms with van der Waals surface area (Å²) in [5.74, 6) is 0. The summed E-state index contributed by atoms with van der Waals surface area (Å²) in [6.07, 6.45) is 6.04. The van der Waals surface area contributed by atoms with Gasteiger partial charge in [-0.1, -0.05) is 6.42 Å². The Morgan fingerprint density at radius 2 is 2.21 bits per heavy atom. The van der Waals surface area contributed by atoms with E-state index < -0.39 is 0 Å². The van der Waals surface area contributed by atoms with Gasteiger partial charge in [-0.25, -0.2) is 0 Å². The summed E-state index contributed by atoms with van der Waals surface area (Å²) in [5, 5.41) is 3.59. The summed E-state index contributed by atoms with van der Waals surface area (Å²) in [7, 11) is 0. The van der Waals surface area contributed by atoms with Crippen molar-refractivity contribution < 1.29 is 4.74 Å². The Morgan fingerprint density at radius 3 is 2.86 bits per heavy atom. The van der Waals surface area contributed by atoms with Crippen LogP contribution in [0.1, 0.15) is 39.0 Å². The maximum atomic E-state index is 5.48. The van der Waals surface area contributed by atoms with Gasteiger partial charge in [-0.2, -0.15) is 0 Å². The molecule has 14 heavy (non-hydrogen) atoms. The molecule has 1 rings (SSSR count). The monoisotopic (exact) mass is 200 g/mol. The molecule has 1 atom stereocenters. The van der Waals surface area contributed by atoms with Crippen molar-refractivity contribution in [2.24, 2.45) is 5.73 Å². The second-order valence-corrected chi connectivity index (χ2v) is 4.49. The first-order valence-electron chi connectivity index (χ1n) is 5.80. The highest BCUT2D eigenvalue weighted by atomic mass is 16.5. The maximum Gasteiger partial charge on any atom is 0.0645 e. The average molecular weight is 200 g/mol. The molecule has 0 aliphatic carbocycles. The van der Waals surface area contributed by atoms with Crippen molar-refractivity contribution in [2.75, 3.05) is 26.3 Å². The van der Waals surface area contributed by atoms with E-state index in [1.165, 1.54) is 25.7 Å². The number of nitrogens with one attached hydrogen (secondary N) is 1. The molecular weight excluding hydrogens is 176 g/mol. The number of hydrogen-bond donors (Lipinski definition) is 2. The van der Waals surface area contributed by atoms with Crippen molar-refractivity contribution >= 4 is 0 Å². The van der Waals surface area contributed by atoms with Gasteiger partial charge < -0.3 is 15.8 Å². The van der Waals surface area contributed by atoms with Gasteiger partial charge in [-0.3, -0.25) is 0 Å². The number of rotatable bonds is 6. The maximum absolute atomic E-state index is 5.48. The molecule has 1 aliphatic rings. The van der Waals surface area contributed by atoms with Crippen molar-refractivity contribution in [2.45, 2.75) is 44.6 Å². The van der Waals surface area contributed by atoms with Crippen molar-refractivity contribution in [1.82, 2.24) is 5.32 Å². The Labute approximate surface area is 87.4 Å². The normalized spacial score (nSPS) is 27.9. The van der Waals surface area contributed by atoms with Gasteiger partial charge in [0.25, 0.3) is 0 Å². The van der Waals surface area contributed by atoms with Crippen LogP contribution < -0.4 is 11.1 Å². The van der Waals surface area contributed by atoms with Crippen LogP contribution in [0.15, 0.2) is 0 Å². The summed E-state index contributed by atoms with van der Waals surface area (Å²) in [6.45, 7) is 5.98. The molecule has 84 valence electrons. The van der Waals surface area contributed by atoms with E-state index >= 15 is 0 Å². The van der Waals surface area contributed by atoms with Crippen LogP contribution in [-0.4, -0.2) is 31.8 Å². The molecule has 0 aromatic rings. The Hall–Kier alpha value is -0.120. The van der Waals surface area contributed by atoms with E-state index in [9.17, 15) is 0 Å². The third-order valence-corrected chi connectivity index (χ3v) is 2.87. The highest BCUT2D eigenvalue weighted by Crippen LogP contribution is 2.18. The Bertz CT molecular complexity index is 144. The molecule has 1 saturated heterocycles. The number of ether oxygens (including phenoxy) is 1. The van der Waals surface area contributed by atoms with Gasteiger partial charge in [-0.15, -0.1) is 0 Å². The Balaban J connectivity index is 2.03. The van der Waals surface area contributed by atoms with Gasteiger partial charge in [-0.05, 0) is 45.7 Å². The third-order valence-electron chi connectivity index (χ3n) is 2.87. The van der Waals surface area contributed by atoms with Crippen molar-refractivity contribution in [1.29, 1.82) is 0 Å². The fourth-order valence-electron chi connectivity index (χ4n) is 1.91. The predicted molar refractivity (Wildman–Crippen MR) is 59.4 cm³/mol. The second kappa shape index (κ2) is 6.38. The first-order chi connectivity index (χ1) is 6.77. The average Bonchev–Trinajstić information content (AvgIpc) is 2.18.